The molecule has 0 unspecified atom stereocenters. The zero-order valence-corrected chi connectivity index (χ0v) is 11.9. The lowest BCUT2D eigenvalue weighted by atomic mass is 10.1. The number of hydrogen-bond donors (Lipinski definition) is 0. The van der Waals surface area contributed by atoms with E-state index >= 15 is 0 Å². The minimum Gasteiger partial charge on any atom is -0.0991 e. The van der Waals surface area contributed by atoms with E-state index in [9.17, 15) is 0 Å². The molecule has 2 aromatic carbocycles. The lowest BCUT2D eigenvalue weighted by Crippen LogP contribution is -1.76. The van der Waals surface area contributed by atoms with Crippen LogP contribution in [0, 0.1) is 0 Å². The predicted octanol–water partition coefficient (Wildman–Crippen LogP) is 6.02. The molecular weight excluding hydrogens is 240 g/mol. The Hall–Kier alpha value is -2.60. The van der Waals surface area contributed by atoms with Crippen molar-refractivity contribution < 1.29 is 0 Å². The summed E-state index contributed by atoms with van der Waals surface area (Å²) in [6, 6.07) is 20.0. The molecule has 0 saturated carbocycles. The minimum atomic E-state index is 1.14. The third-order valence-corrected chi connectivity index (χ3v) is 2.27. The summed E-state index contributed by atoms with van der Waals surface area (Å²) < 4.78 is 0. The second-order valence-electron chi connectivity index (χ2n) is 3.66. The molecular formula is C20H22. The van der Waals surface area contributed by atoms with E-state index < -0.39 is 0 Å². The molecule has 0 spiro atoms. The Bertz CT molecular complexity index is 447. The van der Waals surface area contributed by atoms with Crippen LogP contribution in [0.3, 0.4) is 0 Å². The Kier molecular flexibility index (Phi) is 11.2. The zero-order chi connectivity index (χ0) is 15.1. The first-order chi connectivity index (χ1) is 9.79. The molecule has 102 valence electrons. The molecule has 0 aliphatic heterocycles. The van der Waals surface area contributed by atoms with Crippen molar-refractivity contribution in [3.8, 4) is 0 Å². The second kappa shape index (κ2) is 12.8. The molecule has 0 heteroatoms. The summed E-state index contributed by atoms with van der Waals surface area (Å²) in [7, 11) is 0. The third-order valence-electron chi connectivity index (χ3n) is 2.27. The lowest BCUT2D eigenvalue weighted by molar-refractivity contribution is 1.62. The van der Waals surface area contributed by atoms with E-state index in [4.69, 9.17) is 0 Å². The SMILES string of the molecule is C=CC=C.C=Cc1ccccc1C=C.c1ccccc1. The van der Waals surface area contributed by atoms with E-state index in [-0.39, 0.29) is 0 Å². The van der Waals surface area contributed by atoms with Crippen LogP contribution in [-0.4, -0.2) is 0 Å². The summed E-state index contributed by atoms with van der Waals surface area (Å²) in [5.41, 5.74) is 2.27. The van der Waals surface area contributed by atoms with Gasteiger partial charge in [0.1, 0.15) is 0 Å². The molecule has 0 fully saturated rings. The summed E-state index contributed by atoms with van der Waals surface area (Å²) in [5, 5.41) is 0. The Morgan fingerprint density at radius 1 is 0.500 bits per heavy atom. The molecule has 0 atom stereocenters. The smallest absolute Gasteiger partial charge is 0.0190 e. The highest BCUT2D eigenvalue weighted by atomic mass is 13.9. The van der Waals surface area contributed by atoms with Crippen molar-refractivity contribution >= 4 is 12.2 Å². The van der Waals surface area contributed by atoms with E-state index in [0.717, 1.165) is 11.1 Å². The van der Waals surface area contributed by atoms with E-state index in [2.05, 4.69) is 26.3 Å². The Labute approximate surface area is 123 Å². The number of rotatable bonds is 3. The van der Waals surface area contributed by atoms with Gasteiger partial charge in [-0.2, -0.15) is 0 Å². The van der Waals surface area contributed by atoms with Gasteiger partial charge in [0.25, 0.3) is 0 Å². The van der Waals surface area contributed by atoms with Gasteiger partial charge >= 0.3 is 0 Å². The van der Waals surface area contributed by atoms with Crippen molar-refractivity contribution in [1.29, 1.82) is 0 Å². The van der Waals surface area contributed by atoms with Gasteiger partial charge in [0.05, 0.1) is 0 Å². The monoisotopic (exact) mass is 262 g/mol. The molecule has 2 rings (SSSR count). The first-order valence-electron chi connectivity index (χ1n) is 6.37. The van der Waals surface area contributed by atoms with Crippen molar-refractivity contribution in [1.82, 2.24) is 0 Å². The zero-order valence-electron chi connectivity index (χ0n) is 11.9. The fourth-order valence-corrected chi connectivity index (χ4v) is 1.27. The van der Waals surface area contributed by atoms with E-state index in [1.54, 1.807) is 12.2 Å². The van der Waals surface area contributed by atoms with Crippen LogP contribution in [0.1, 0.15) is 11.1 Å². The topological polar surface area (TPSA) is 0 Å². The van der Waals surface area contributed by atoms with Crippen molar-refractivity contribution in [3.05, 3.63) is 110 Å². The predicted molar refractivity (Wildman–Crippen MR) is 93.5 cm³/mol. The maximum absolute atomic E-state index is 3.69. The normalized spacial score (nSPS) is 7.80. The first kappa shape index (κ1) is 17.4. The van der Waals surface area contributed by atoms with Gasteiger partial charge in [0.15, 0.2) is 0 Å². The Morgan fingerprint density at radius 2 is 0.800 bits per heavy atom. The number of benzene rings is 2. The molecule has 0 nitrogen and oxygen atoms in total. The minimum absolute atomic E-state index is 1.14. The second-order valence-corrected chi connectivity index (χ2v) is 3.66. The maximum Gasteiger partial charge on any atom is -0.0190 e. The van der Waals surface area contributed by atoms with Crippen molar-refractivity contribution in [2.45, 2.75) is 0 Å². The van der Waals surface area contributed by atoms with Gasteiger partial charge in [-0.15, -0.1) is 0 Å². The molecule has 0 aromatic heterocycles. The van der Waals surface area contributed by atoms with E-state index in [1.807, 2.05) is 72.8 Å². The fraction of sp³-hybridized carbons (Fsp3) is 0. The van der Waals surface area contributed by atoms with Crippen LogP contribution in [-0.2, 0) is 0 Å². The Morgan fingerprint density at radius 3 is 1.00 bits per heavy atom. The van der Waals surface area contributed by atoms with Crippen molar-refractivity contribution in [3.63, 3.8) is 0 Å². The van der Waals surface area contributed by atoms with Crippen LogP contribution in [0.2, 0.25) is 0 Å². The molecule has 0 bridgehead atoms. The van der Waals surface area contributed by atoms with Crippen LogP contribution in [0.25, 0.3) is 12.2 Å². The van der Waals surface area contributed by atoms with Crippen LogP contribution in [0.5, 0.6) is 0 Å². The summed E-state index contributed by atoms with van der Waals surface area (Å²) in [6.07, 6.45) is 6.94. The molecule has 20 heavy (non-hydrogen) atoms. The highest BCUT2D eigenvalue weighted by molar-refractivity contribution is 5.63. The van der Waals surface area contributed by atoms with Crippen LogP contribution in [0.4, 0.5) is 0 Å². The quantitative estimate of drug-likeness (QED) is 0.593. The standard InChI is InChI=1S/C10H10.C6H6.C4H6/c1-3-9-7-5-6-8-10(9)4-2;1-2-4-6-5-3-1;1-3-4-2/h3-8H,1-2H2;1-6H;3-4H,1-2H2. The fourth-order valence-electron chi connectivity index (χ4n) is 1.27. The largest absolute Gasteiger partial charge is 0.0991 e. The lowest BCUT2D eigenvalue weighted by Gasteiger charge is -1.96. The molecule has 0 saturated heterocycles. The van der Waals surface area contributed by atoms with Gasteiger partial charge in [0.2, 0.25) is 0 Å². The van der Waals surface area contributed by atoms with Crippen LogP contribution >= 0.6 is 0 Å². The summed E-state index contributed by atoms with van der Waals surface area (Å²) in [6.45, 7) is 14.1. The summed E-state index contributed by atoms with van der Waals surface area (Å²) in [5.74, 6) is 0. The third kappa shape index (κ3) is 8.48. The Balaban J connectivity index is 0.000000307. The molecule has 0 N–H and O–H groups in total. The van der Waals surface area contributed by atoms with Crippen molar-refractivity contribution in [2.24, 2.45) is 0 Å². The average molecular weight is 262 g/mol. The van der Waals surface area contributed by atoms with Gasteiger partial charge in [-0.3, -0.25) is 0 Å². The number of allylic oxidation sites excluding steroid dienone is 2. The maximum atomic E-state index is 3.69. The molecule has 0 aliphatic rings. The van der Waals surface area contributed by atoms with Gasteiger partial charge in [0, 0.05) is 0 Å². The molecule has 0 amide bonds. The van der Waals surface area contributed by atoms with Crippen LogP contribution in [0.15, 0.2) is 99.1 Å². The highest BCUT2D eigenvalue weighted by Gasteiger charge is 1.89. The van der Waals surface area contributed by atoms with Crippen LogP contribution < -0.4 is 0 Å². The van der Waals surface area contributed by atoms with Gasteiger partial charge in [-0.1, -0.05) is 111 Å². The van der Waals surface area contributed by atoms with Gasteiger partial charge in [-0.25, -0.2) is 0 Å². The summed E-state index contributed by atoms with van der Waals surface area (Å²) >= 11 is 0. The number of hydrogen-bond acceptors (Lipinski definition) is 0. The van der Waals surface area contributed by atoms with Crippen molar-refractivity contribution in [2.75, 3.05) is 0 Å². The first-order valence-corrected chi connectivity index (χ1v) is 6.37. The van der Waals surface area contributed by atoms with E-state index in [0.29, 0.717) is 0 Å². The summed E-state index contributed by atoms with van der Waals surface area (Å²) in [4.78, 5) is 0. The highest BCUT2D eigenvalue weighted by Crippen LogP contribution is 2.10. The van der Waals surface area contributed by atoms with E-state index in [1.165, 1.54) is 0 Å². The molecule has 0 radical (unpaired) electrons. The molecule has 0 heterocycles. The molecule has 0 aliphatic carbocycles. The molecule has 2 aromatic rings. The van der Waals surface area contributed by atoms with Gasteiger partial charge < -0.3 is 0 Å². The average Bonchev–Trinajstić information content (AvgIpc) is 2.57. The van der Waals surface area contributed by atoms with Gasteiger partial charge in [-0.05, 0) is 11.1 Å².